The molecule has 0 unspecified atom stereocenters. The summed E-state index contributed by atoms with van der Waals surface area (Å²) in [6, 6.07) is 69.0. The smallest absolute Gasteiger partial charge is 0.116 e. The van der Waals surface area contributed by atoms with Crippen LogP contribution in [0.25, 0.3) is 121 Å². The minimum Gasteiger partial charge on any atom is -0.236 e. The second kappa shape index (κ2) is 12.0. The standard InChI is InChI=1S/C54H32N2/c1-3-11-38-29-41(25-21-33(38)9-1)50-43-15-5-6-16-44(43)51(42-26-22-34-10-2-4-12-39(34)30-42)48-31-40(27-28-45(48)50)35-19-23-37(24-20-35)53-52-46-17-7-13-36-14-8-18-47(49(36)46)54(52)56-32-55-53/h1-32H. The fraction of sp³-hybridized carbons (Fsp3) is 0. The average Bonchev–Trinajstić information content (AvgIpc) is 3.60. The van der Waals surface area contributed by atoms with Crippen LogP contribution in [-0.4, -0.2) is 9.97 Å². The molecule has 0 fully saturated rings. The van der Waals surface area contributed by atoms with Crippen LogP contribution in [0.1, 0.15) is 0 Å². The van der Waals surface area contributed by atoms with Gasteiger partial charge in [0.15, 0.2) is 0 Å². The van der Waals surface area contributed by atoms with Crippen LogP contribution in [-0.2, 0) is 0 Å². The molecule has 0 N–H and O–H groups in total. The van der Waals surface area contributed by atoms with E-state index in [2.05, 4.69) is 188 Å². The van der Waals surface area contributed by atoms with Crippen molar-refractivity contribution in [1.29, 1.82) is 0 Å². The number of hydrogen-bond donors (Lipinski definition) is 0. The summed E-state index contributed by atoms with van der Waals surface area (Å²) in [6.45, 7) is 0. The predicted octanol–water partition coefficient (Wildman–Crippen LogP) is 14.6. The molecular weight excluding hydrogens is 677 g/mol. The topological polar surface area (TPSA) is 25.8 Å². The fourth-order valence-corrected chi connectivity index (χ4v) is 9.30. The molecule has 56 heavy (non-hydrogen) atoms. The first-order chi connectivity index (χ1) is 27.8. The zero-order chi connectivity index (χ0) is 36.7. The molecule has 0 saturated carbocycles. The van der Waals surface area contributed by atoms with Gasteiger partial charge in [0.05, 0.1) is 11.4 Å². The lowest BCUT2D eigenvalue weighted by molar-refractivity contribution is 1.19. The van der Waals surface area contributed by atoms with Gasteiger partial charge in [0.1, 0.15) is 6.33 Å². The third kappa shape index (κ3) is 4.63. The molecule has 2 nitrogen and oxygen atoms in total. The van der Waals surface area contributed by atoms with Crippen LogP contribution in [0.5, 0.6) is 0 Å². The first-order valence-electron chi connectivity index (χ1n) is 19.2. The third-order valence-electron chi connectivity index (χ3n) is 11.9. The van der Waals surface area contributed by atoms with Crippen molar-refractivity contribution in [2.45, 2.75) is 0 Å². The lowest BCUT2D eigenvalue weighted by Gasteiger charge is -2.19. The van der Waals surface area contributed by atoms with Crippen molar-refractivity contribution in [2.24, 2.45) is 0 Å². The molecule has 2 heteroatoms. The Morgan fingerprint density at radius 3 is 1.45 bits per heavy atom. The normalized spacial score (nSPS) is 11.9. The molecule has 1 heterocycles. The summed E-state index contributed by atoms with van der Waals surface area (Å²) >= 11 is 0. The van der Waals surface area contributed by atoms with Crippen LogP contribution in [0.15, 0.2) is 194 Å². The number of benzene rings is 10. The highest BCUT2D eigenvalue weighted by atomic mass is 14.9. The van der Waals surface area contributed by atoms with Crippen LogP contribution in [0.4, 0.5) is 0 Å². The molecule has 12 rings (SSSR count). The second-order valence-electron chi connectivity index (χ2n) is 14.9. The van der Waals surface area contributed by atoms with E-state index in [0.29, 0.717) is 0 Å². The van der Waals surface area contributed by atoms with Gasteiger partial charge in [0.25, 0.3) is 0 Å². The Balaban J connectivity index is 1.06. The van der Waals surface area contributed by atoms with E-state index < -0.39 is 0 Å². The summed E-state index contributed by atoms with van der Waals surface area (Å²) in [7, 11) is 0. The molecule has 0 atom stereocenters. The number of rotatable bonds is 4. The van der Waals surface area contributed by atoms with Gasteiger partial charge in [-0.25, -0.2) is 9.97 Å². The minimum absolute atomic E-state index is 0.967. The molecule has 0 bridgehead atoms. The van der Waals surface area contributed by atoms with Crippen molar-refractivity contribution in [3.8, 4) is 67.0 Å². The van der Waals surface area contributed by atoms with Crippen LogP contribution >= 0.6 is 0 Å². The first-order valence-corrected chi connectivity index (χ1v) is 19.2. The molecule has 1 aliphatic rings. The van der Waals surface area contributed by atoms with Gasteiger partial charge in [0, 0.05) is 16.7 Å². The van der Waals surface area contributed by atoms with Gasteiger partial charge >= 0.3 is 0 Å². The van der Waals surface area contributed by atoms with E-state index in [0.717, 1.165) is 28.1 Å². The molecule has 0 saturated heterocycles. The fourth-order valence-electron chi connectivity index (χ4n) is 9.30. The zero-order valence-electron chi connectivity index (χ0n) is 30.4. The maximum absolute atomic E-state index is 4.88. The van der Waals surface area contributed by atoms with E-state index in [1.54, 1.807) is 6.33 Å². The molecule has 0 spiro atoms. The third-order valence-corrected chi connectivity index (χ3v) is 11.9. The number of aromatic nitrogens is 2. The molecule has 10 aromatic carbocycles. The van der Waals surface area contributed by atoms with Crippen LogP contribution in [0.2, 0.25) is 0 Å². The van der Waals surface area contributed by atoms with Crippen molar-refractivity contribution in [1.82, 2.24) is 9.97 Å². The van der Waals surface area contributed by atoms with Crippen molar-refractivity contribution in [3.63, 3.8) is 0 Å². The second-order valence-corrected chi connectivity index (χ2v) is 14.9. The lowest BCUT2D eigenvalue weighted by Crippen LogP contribution is -1.93. The Morgan fingerprint density at radius 2 is 0.768 bits per heavy atom. The zero-order valence-corrected chi connectivity index (χ0v) is 30.4. The molecule has 0 amide bonds. The Kier molecular flexibility index (Phi) is 6.66. The predicted molar refractivity (Wildman–Crippen MR) is 236 cm³/mol. The minimum atomic E-state index is 0.967. The van der Waals surface area contributed by atoms with Gasteiger partial charge in [-0.3, -0.25) is 0 Å². The van der Waals surface area contributed by atoms with E-state index in [1.807, 2.05) is 0 Å². The van der Waals surface area contributed by atoms with Crippen molar-refractivity contribution in [3.05, 3.63) is 194 Å². The highest BCUT2D eigenvalue weighted by Crippen LogP contribution is 2.50. The van der Waals surface area contributed by atoms with Crippen molar-refractivity contribution < 1.29 is 0 Å². The van der Waals surface area contributed by atoms with Crippen molar-refractivity contribution >= 4 is 53.9 Å². The summed E-state index contributed by atoms with van der Waals surface area (Å²) in [5.74, 6) is 0. The van der Waals surface area contributed by atoms with E-state index in [-0.39, 0.29) is 0 Å². The molecule has 1 aromatic heterocycles. The highest BCUT2D eigenvalue weighted by molar-refractivity contribution is 6.23. The van der Waals surface area contributed by atoms with Crippen LogP contribution in [0, 0.1) is 0 Å². The summed E-state index contributed by atoms with van der Waals surface area (Å²) in [4.78, 5) is 9.66. The SMILES string of the molecule is c1ccc2cc(-c3c4ccccc4c(-c4ccc5ccccc5c4)c4cc(-c5ccc(-c6ncnc7c6-c6cccc8cccc-7c68)cc5)ccc34)ccc2c1. The van der Waals surface area contributed by atoms with Gasteiger partial charge in [0.2, 0.25) is 0 Å². The number of nitrogens with zero attached hydrogens (tertiary/aromatic N) is 2. The van der Waals surface area contributed by atoms with E-state index in [9.17, 15) is 0 Å². The number of hydrogen-bond acceptors (Lipinski definition) is 2. The Labute approximate surface area is 324 Å². The first kappa shape index (κ1) is 31.0. The summed E-state index contributed by atoms with van der Waals surface area (Å²) in [5.41, 5.74) is 13.9. The maximum Gasteiger partial charge on any atom is 0.116 e. The summed E-state index contributed by atoms with van der Waals surface area (Å²) < 4.78 is 0. The van der Waals surface area contributed by atoms with Crippen molar-refractivity contribution in [2.75, 3.05) is 0 Å². The quantitative estimate of drug-likeness (QED) is 0.170. The largest absolute Gasteiger partial charge is 0.236 e. The van der Waals surface area contributed by atoms with E-state index in [1.165, 1.54) is 92.8 Å². The van der Waals surface area contributed by atoms with Gasteiger partial charge in [-0.05, 0) is 111 Å². The Morgan fingerprint density at radius 1 is 0.268 bits per heavy atom. The maximum atomic E-state index is 4.88. The van der Waals surface area contributed by atoms with Crippen LogP contribution < -0.4 is 0 Å². The lowest BCUT2D eigenvalue weighted by atomic mass is 9.84. The van der Waals surface area contributed by atoms with Gasteiger partial charge in [-0.1, -0.05) is 170 Å². The highest BCUT2D eigenvalue weighted by Gasteiger charge is 2.26. The van der Waals surface area contributed by atoms with E-state index >= 15 is 0 Å². The molecular formula is C54H32N2. The number of fused-ring (bicyclic) bond motifs is 7. The van der Waals surface area contributed by atoms with E-state index in [4.69, 9.17) is 9.97 Å². The summed E-state index contributed by atoms with van der Waals surface area (Å²) in [5, 5.41) is 12.5. The van der Waals surface area contributed by atoms with Gasteiger partial charge in [-0.15, -0.1) is 0 Å². The monoisotopic (exact) mass is 708 g/mol. The molecule has 11 aromatic rings. The Hall–Kier alpha value is -7.42. The average molecular weight is 709 g/mol. The van der Waals surface area contributed by atoms with Crippen LogP contribution in [0.3, 0.4) is 0 Å². The Bertz CT molecular complexity index is 3410. The molecule has 258 valence electrons. The molecule has 1 aliphatic carbocycles. The van der Waals surface area contributed by atoms with Gasteiger partial charge < -0.3 is 0 Å². The summed E-state index contributed by atoms with van der Waals surface area (Å²) in [6.07, 6.45) is 1.71. The van der Waals surface area contributed by atoms with Gasteiger partial charge in [-0.2, -0.15) is 0 Å². The molecule has 0 aliphatic heterocycles. The molecule has 0 radical (unpaired) electrons.